The Kier molecular flexibility index (Phi) is 5.53. The molecule has 0 radical (unpaired) electrons. The predicted molar refractivity (Wildman–Crippen MR) is 62.1 cm³/mol. The summed E-state index contributed by atoms with van der Waals surface area (Å²) in [7, 11) is -1.48. The molecule has 0 spiro atoms. The van der Waals surface area contributed by atoms with Gasteiger partial charge in [-0.15, -0.1) is 0 Å². The van der Waals surface area contributed by atoms with Crippen LogP contribution in [-0.2, 0) is 4.52 Å². The van der Waals surface area contributed by atoms with Crippen LogP contribution in [0, 0.1) is 0 Å². The van der Waals surface area contributed by atoms with Gasteiger partial charge in [0.05, 0.1) is 5.60 Å². The predicted octanol–water partition coefficient (Wildman–Crippen LogP) is 3.14. The van der Waals surface area contributed by atoms with Crippen LogP contribution in [0.1, 0.15) is 48.5 Å². The highest BCUT2D eigenvalue weighted by Crippen LogP contribution is 2.43. The van der Waals surface area contributed by atoms with Gasteiger partial charge in [-0.2, -0.15) is 0 Å². The van der Waals surface area contributed by atoms with E-state index < -0.39 is 8.53 Å². The molecule has 0 aliphatic carbocycles. The topological polar surface area (TPSA) is 32.7 Å². The maximum Gasteiger partial charge on any atom is 0.256 e. The monoisotopic (exact) mass is 221 g/mol. The Morgan fingerprint density at radius 2 is 1.43 bits per heavy atom. The zero-order valence-corrected chi connectivity index (χ0v) is 11.3. The number of rotatable bonds is 4. The first-order chi connectivity index (χ1) is 6.15. The molecule has 1 N–H and O–H groups in total. The molecule has 0 saturated carbocycles. The summed E-state index contributed by atoms with van der Waals surface area (Å²) in [5.74, 6) is 0. The van der Waals surface area contributed by atoms with Gasteiger partial charge in [0.2, 0.25) is 0 Å². The van der Waals surface area contributed by atoms with Crippen LogP contribution in [0.2, 0.25) is 0 Å². The molecular weight excluding hydrogens is 197 g/mol. The van der Waals surface area contributed by atoms with Gasteiger partial charge in [-0.05, 0) is 48.5 Å². The molecule has 0 aromatic heterocycles. The number of hydrogen-bond acceptors (Lipinski definition) is 3. The van der Waals surface area contributed by atoms with Crippen LogP contribution in [-0.4, -0.2) is 27.2 Å². The summed E-state index contributed by atoms with van der Waals surface area (Å²) in [4.78, 5) is 9.95. The maximum atomic E-state index is 9.95. The van der Waals surface area contributed by atoms with E-state index in [1.807, 2.05) is 25.4 Å². The van der Waals surface area contributed by atoms with E-state index in [0.717, 1.165) is 0 Å². The molecular formula is C10H24NO2P. The Morgan fingerprint density at radius 3 is 1.64 bits per heavy atom. The lowest BCUT2D eigenvalue weighted by atomic mass is 10.2. The van der Waals surface area contributed by atoms with Gasteiger partial charge in [-0.3, -0.25) is 0 Å². The van der Waals surface area contributed by atoms with E-state index in [1.54, 1.807) is 0 Å². The molecule has 0 amide bonds. The fraction of sp³-hybridized carbons (Fsp3) is 1.00. The zero-order chi connectivity index (χ0) is 11.5. The van der Waals surface area contributed by atoms with E-state index in [-0.39, 0.29) is 5.60 Å². The quantitative estimate of drug-likeness (QED) is 0.740. The molecule has 0 fully saturated rings. The lowest BCUT2D eigenvalue weighted by Crippen LogP contribution is -2.34. The van der Waals surface area contributed by atoms with Crippen LogP contribution in [0.25, 0.3) is 0 Å². The molecule has 14 heavy (non-hydrogen) atoms. The van der Waals surface area contributed by atoms with Crippen molar-refractivity contribution >= 4 is 8.53 Å². The van der Waals surface area contributed by atoms with Crippen molar-refractivity contribution in [3.63, 3.8) is 0 Å². The molecule has 1 unspecified atom stereocenters. The average molecular weight is 221 g/mol. The Bertz CT molecular complexity index is 158. The standard InChI is InChI=1S/C10H24NO2P/c1-8(2)11(9(3)4)14(12)13-10(5,6)7/h8-9,12H,1-7H3. The highest BCUT2D eigenvalue weighted by atomic mass is 31.2. The first kappa shape index (κ1) is 14.3. The highest BCUT2D eigenvalue weighted by molar-refractivity contribution is 7.43. The van der Waals surface area contributed by atoms with E-state index in [0.29, 0.717) is 12.1 Å². The van der Waals surface area contributed by atoms with Gasteiger partial charge in [0.15, 0.2) is 0 Å². The van der Waals surface area contributed by atoms with Gasteiger partial charge in [0.25, 0.3) is 8.53 Å². The minimum atomic E-state index is -1.48. The summed E-state index contributed by atoms with van der Waals surface area (Å²) in [6.07, 6.45) is 0. The number of hydrogen-bond donors (Lipinski definition) is 1. The van der Waals surface area contributed by atoms with Crippen molar-refractivity contribution in [3.05, 3.63) is 0 Å². The molecule has 0 aromatic rings. The first-order valence-corrected chi connectivity index (χ1v) is 6.28. The van der Waals surface area contributed by atoms with Gasteiger partial charge in [-0.25, -0.2) is 4.67 Å². The normalized spacial score (nSPS) is 15.6. The fourth-order valence-corrected chi connectivity index (χ4v) is 2.66. The van der Waals surface area contributed by atoms with Gasteiger partial charge >= 0.3 is 0 Å². The van der Waals surface area contributed by atoms with E-state index in [2.05, 4.69) is 27.7 Å². The molecule has 0 aliphatic heterocycles. The largest absolute Gasteiger partial charge is 0.338 e. The molecule has 3 nitrogen and oxygen atoms in total. The maximum absolute atomic E-state index is 9.95. The highest BCUT2D eigenvalue weighted by Gasteiger charge is 2.27. The molecule has 4 heteroatoms. The average Bonchev–Trinajstić information content (AvgIpc) is 1.78. The Balaban J connectivity index is 4.38. The summed E-state index contributed by atoms with van der Waals surface area (Å²) >= 11 is 0. The molecule has 0 saturated heterocycles. The van der Waals surface area contributed by atoms with Crippen molar-refractivity contribution in [2.45, 2.75) is 66.2 Å². The van der Waals surface area contributed by atoms with Crippen molar-refractivity contribution in [3.8, 4) is 0 Å². The third-order valence-electron chi connectivity index (χ3n) is 1.61. The van der Waals surface area contributed by atoms with E-state index >= 15 is 0 Å². The smallest absolute Gasteiger partial charge is 0.256 e. The second-order valence-electron chi connectivity index (χ2n) is 5.02. The summed E-state index contributed by atoms with van der Waals surface area (Å²) in [6, 6.07) is 0.599. The van der Waals surface area contributed by atoms with Crippen LogP contribution in [0.15, 0.2) is 0 Å². The molecule has 0 heterocycles. The summed E-state index contributed by atoms with van der Waals surface area (Å²) in [5, 5.41) is 0. The molecule has 0 aromatic carbocycles. The molecule has 0 aliphatic rings. The molecule has 86 valence electrons. The number of nitrogens with zero attached hydrogens (tertiary/aromatic N) is 1. The summed E-state index contributed by atoms with van der Waals surface area (Å²) < 4.78 is 7.57. The minimum absolute atomic E-state index is 0.289. The second-order valence-corrected chi connectivity index (χ2v) is 6.17. The van der Waals surface area contributed by atoms with E-state index in [1.165, 1.54) is 0 Å². The molecule has 1 atom stereocenters. The van der Waals surface area contributed by atoms with E-state index in [4.69, 9.17) is 4.52 Å². The van der Waals surface area contributed by atoms with Crippen LogP contribution in [0.3, 0.4) is 0 Å². The lowest BCUT2D eigenvalue weighted by Gasteiger charge is -2.36. The van der Waals surface area contributed by atoms with Gasteiger partial charge in [-0.1, -0.05) is 0 Å². The molecule has 0 rings (SSSR count). The lowest BCUT2D eigenvalue weighted by molar-refractivity contribution is 0.103. The van der Waals surface area contributed by atoms with E-state index in [9.17, 15) is 4.89 Å². The third-order valence-corrected chi connectivity index (χ3v) is 3.64. The Morgan fingerprint density at radius 1 is 1.07 bits per heavy atom. The van der Waals surface area contributed by atoms with Gasteiger partial charge in [0, 0.05) is 12.1 Å². The van der Waals surface area contributed by atoms with Gasteiger partial charge in [0.1, 0.15) is 0 Å². The zero-order valence-electron chi connectivity index (χ0n) is 10.4. The van der Waals surface area contributed by atoms with Crippen LogP contribution >= 0.6 is 8.53 Å². The van der Waals surface area contributed by atoms with Crippen molar-refractivity contribution < 1.29 is 9.42 Å². The SMILES string of the molecule is CC(C)N(C(C)C)P(O)OC(C)(C)C. The van der Waals surface area contributed by atoms with Crippen molar-refractivity contribution in [2.75, 3.05) is 0 Å². The van der Waals surface area contributed by atoms with Crippen LogP contribution in [0.4, 0.5) is 0 Å². The second kappa shape index (κ2) is 5.41. The third kappa shape index (κ3) is 5.26. The molecule has 0 bridgehead atoms. The summed E-state index contributed by atoms with van der Waals surface area (Å²) in [5.41, 5.74) is -0.289. The van der Waals surface area contributed by atoms with Gasteiger partial charge < -0.3 is 9.42 Å². The van der Waals surface area contributed by atoms with Crippen molar-refractivity contribution in [1.82, 2.24) is 4.67 Å². The van der Waals surface area contributed by atoms with Crippen molar-refractivity contribution in [2.24, 2.45) is 0 Å². The van der Waals surface area contributed by atoms with Crippen LogP contribution in [0.5, 0.6) is 0 Å². The van der Waals surface area contributed by atoms with Crippen molar-refractivity contribution in [1.29, 1.82) is 0 Å². The fourth-order valence-electron chi connectivity index (χ4n) is 1.28. The summed E-state index contributed by atoms with van der Waals surface area (Å²) in [6.45, 7) is 14.1. The first-order valence-electron chi connectivity index (χ1n) is 5.11. The Hall–Kier alpha value is 0.310. The Labute approximate surface area is 89.4 Å². The minimum Gasteiger partial charge on any atom is -0.338 e. The van der Waals surface area contributed by atoms with Crippen LogP contribution < -0.4 is 0 Å².